The molecule has 8 heteroatoms. The van der Waals surface area contributed by atoms with E-state index >= 15 is 0 Å². The number of nitrogens with one attached hydrogen (secondary N) is 1. The van der Waals surface area contributed by atoms with Gasteiger partial charge in [0.15, 0.2) is 0 Å². The van der Waals surface area contributed by atoms with Crippen LogP contribution in [0.25, 0.3) is 0 Å². The number of hydrogen-bond acceptors (Lipinski definition) is 6. The Labute approximate surface area is 148 Å². The Bertz CT molecular complexity index is 631. The number of unbranched alkanes of at least 4 members (excludes halogenated alkanes) is 1. The van der Waals surface area contributed by atoms with Gasteiger partial charge in [0, 0.05) is 25.9 Å². The summed E-state index contributed by atoms with van der Waals surface area (Å²) in [5, 5.41) is 7.42. The van der Waals surface area contributed by atoms with Crippen molar-refractivity contribution in [3.63, 3.8) is 0 Å². The first-order chi connectivity index (χ1) is 11.9. The summed E-state index contributed by atoms with van der Waals surface area (Å²) >= 11 is 0. The zero-order valence-corrected chi connectivity index (χ0v) is 15.3. The number of carbonyl (C=O) groups excluding carboxylic acids is 1. The van der Waals surface area contributed by atoms with Gasteiger partial charge in [0.1, 0.15) is 5.69 Å². The van der Waals surface area contributed by atoms with E-state index in [0.717, 1.165) is 19.3 Å². The molecule has 1 aliphatic rings. The molecule has 1 fully saturated rings. The summed E-state index contributed by atoms with van der Waals surface area (Å²) < 4.78 is 6.14. The predicted molar refractivity (Wildman–Crippen MR) is 95.0 cm³/mol. The van der Waals surface area contributed by atoms with Crippen LogP contribution in [0.5, 0.6) is 0 Å². The first kappa shape index (κ1) is 19.4. The lowest BCUT2D eigenvalue weighted by Crippen LogP contribution is -2.51. The molecule has 1 aliphatic heterocycles. The van der Waals surface area contributed by atoms with E-state index < -0.39 is 0 Å². The number of aromatic amines is 1. The van der Waals surface area contributed by atoms with Gasteiger partial charge in [0.2, 0.25) is 11.9 Å². The van der Waals surface area contributed by atoms with Crippen LogP contribution in [0.1, 0.15) is 52.1 Å². The highest BCUT2D eigenvalue weighted by atomic mass is 16.5. The molecule has 0 aromatic carbocycles. The van der Waals surface area contributed by atoms with Crippen molar-refractivity contribution in [2.24, 2.45) is 5.92 Å². The topological polar surface area (TPSA) is 114 Å². The maximum atomic E-state index is 12.6. The molecular formula is C17H29N5O3. The first-order valence-corrected chi connectivity index (χ1v) is 9.05. The molecule has 25 heavy (non-hydrogen) atoms. The first-order valence-electron chi connectivity index (χ1n) is 9.05. The molecule has 0 unspecified atom stereocenters. The van der Waals surface area contributed by atoms with Crippen LogP contribution >= 0.6 is 0 Å². The molecule has 0 aliphatic carbocycles. The summed E-state index contributed by atoms with van der Waals surface area (Å²) in [6, 6.07) is 0. The van der Waals surface area contributed by atoms with E-state index in [2.05, 4.69) is 36.0 Å². The highest BCUT2D eigenvalue weighted by Crippen LogP contribution is 2.21. The van der Waals surface area contributed by atoms with Crippen LogP contribution in [-0.4, -0.2) is 51.3 Å². The maximum absolute atomic E-state index is 12.6. The predicted octanol–water partition coefficient (Wildman–Crippen LogP) is 1.12. The summed E-state index contributed by atoms with van der Waals surface area (Å²) in [5.74, 6) is 0.353. The number of carbonyl (C=O) groups is 1. The number of hydrogen-bond donors (Lipinski definition) is 2. The van der Waals surface area contributed by atoms with Crippen LogP contribution in [0.15, 0.2) is 4.79 Å². The molecule has 0 radical (unpaired) electrons. The monoisotopic (exact) mass is 351 g/mol. The number of aryl methyl sites for hydroxylation is 1. The quantitative estimate of drug-likeness (QED) is 0.761. The fourth-order valence-electron chi connectivity index (χ4n) is 2.95. The van der Waals surface area contributed by atoms with E-state index in [1.807, 2.05) is 4.90 Å². The third-order valence-electron chi connectivity index (χ3n) is 4.53. The molecule has 1 amide bonds. The zero-order valence-electron chi connectivity index (χ0n) is 15.3. The standard InChI is InChI=1S/C17H29N5O3/c1-4-5-6-12-9-22(10-14(25-12)11(2)3)15(23)8-7-13-16(24)19-17(18)21-20-13/h11-12,14H,4-10H2,1-3H3,(H3,18,19,21,24)/t12-,14-/m1/s1. The molecule has 2 atom stereocenters. The van der Waals surface area contributed by atoms with Crippen LogP contribution < -0.4 is 11.3 Å². The lowest BCUT2D eigenvalue weighted by Gasteiger charge is -2.40. The van der Waals surface area contributed by atoms with E-state index in [4.69, 9.17) is 10.5 Å². The molecule has 0 bridgehead atoms. The number of H-pyrrole nitrogens is 1. The highest BCUT2D eigenvalue weighted by molar-refractivity contribution is 5.76. The Morgan fingerprint density at radius 2 is 2.16 bits per heavy atom. The summed E-state index contributed by atoms with van der Waals surface area (Å²) in [6.07, 6.45) is 3.79. The van der Waals surface area contributed by atoms with Crippen molar-refractivity contribution in [3.8, 4) is 0 Å². The second-order valence-electron chi connectivity index (χ2n) is 6.97. The normalized spacial score (nSPS) is 20.9. The SMILES string of the molecule is CCCC[C@@H]1CN(C(=O)CCc2nnc(N)[nH]c2=O)C[C@H](C(C)C)O1. The summed E-state index contributed by atoms with van der Waals surface area (Å²) in [5.41, 5.74) is 5.23. The molecule has 140 valence electrons. The van der Waals surface area contributed by atoms with Gasteiger partial charge in [-0.15, -0.1) is 10.2 Å². The van der Waals surface area contributed by atoms with Gasteiger partial charge in [0.25, 0.3) is 5.56 Å². The van der Waals surface area contributed by atoms with Gasteiger partial charge in [-0.3, -0.25) is 14.6 Å². The minimum atomic E-state index is -0.386. The average molecular weight is 351 g/mol. The van der Waals surface area contributed by atoms with Gasteiger partial charge in [-0.2, -0.15) is 0 Å². The smallest absolute Gasteiger partial charge is 0.274 e. The van der Waals surface area contributed by atoms with E-state index in [9.17, 15) is 9.59 Å². The highest BCUT2D eigenvalue weighted by Gasteiger charge is 2.31. The summed E-state index contributed by atoms with van der Waals surface area (Å²) in [7, 11) is 0. The van der Waals surface area contributed by atoms with Gasteiger partial charge in [-0.1, -0.05) is 33.6 Å². The molecule has 1 saturated heterocycles. The van der Waals surface area contributed by atoms with Gasteiger partial charge in [-0.05, 0) is 12.3 Å². The minimum Gasteiger partial charge on any atom is -0.371 e. The number of nitrogen functional groups attached to an aromatic ring is 1. The number of nitrogens with two attached hydrogens (primary N) is 1. The van der Waals surface area contributed by atoms with Crippen molar-refractivity contribution in [2.75, 3.05) is 18.8 Å². The van der Waals surface area contributed by atoms with E-state index in [1.165, 1.54) is 0 Å². The zero-order chi connectivity index (χ0) is 18.4. The van der Waals surface area contributed by atoms with Crippen molar-refractivity contribution in [1.29, 1.82) is 0 Å². The molecule has 8 nitrogen and oxygen atoms in total. The lowest BCUT2D eigenvalue weighted by atomic mass is 10.0. The number of morpholine rings is 1. The Kier molecular flexibility index (Phi) is 6.92. The van der Waals surface area contributed by atoms with Crippen molar-refractivity contribution in [2.45, 2.75) is 65.1 Å². The fraction of sp³-hybridized carbons (Fsp3) is 0.765. The number of aromatic nitrogens is 3. The van der Waals surface area contributed by atoms with Gasteiger partial charge in [-0.25, -0.2) is 0 Å². The minimum absolute atomic E-state index is 0.0215. The van der Waals surface area contributed by atoms with Gasteiger partial charge in [0.05, 0.1) is 12.2 Å². The molecule has 1 aromatic heterocycles. The van der Waals surface area contributed by atoms with Crippen molar-refractivity contribution in [3.05, 3.63) is 16.0 Å². The Balaban J connectivity index is 1.97. The summed E-state index contributed by atoms with van der Waals surface area (Å²) in [4.78, 5) is 28.6. The Morgan fingerprint density at radius 3 is 2.80 bits per heavy atom. The number of amides is 1. The molecular weight excluding hydrogens is 322 g/mol. The lowest BCUT2D eigenvalue weighted by molar-refractivity contribution is -0.150. The molecule has 1 aromatic rings. The number of anilines is 1. The van der Waals surface area contributed by atoms with Gasteiger partial charge >= 0.3 is 0 Å². The number of ether oxygens (including phenoxy) is 1. The van der Waals surface area contributed by atoms with Gasteiger partial charge < -0.3 is 15.4 Å². The molecule has 2 heterocycles. The third kappa shape index (κ3) is 5.52. The molecule has 0 spiro atoms. The Morgan fingerprint density at radius 1 is 1.40 bits per heavy atom. The third-order valence-corrected chi connectivity index (χ3v) is 4.53. The van der Waals surface area contributed by atoms with Crippen molar-refractivity contribution in [1.82, 2.24) is 20.1 Å². The molecule has 2 rings (SSSR count). The van der Waals surface area contributed by atoms with Crippen molar-refractivity contribution < 1.29 is 9.53 Å². The van der Waals surface area contributed by atoms with Crippen LogP contribution in [-0.2, 0) is 16.0 Å². The molecule has 3 N–H and O–H groups in total. The van der Waals surface area contributed by atoms with E-state index in [-0.39, 0.29) is 48.2 Å². The van der Waals surface area contributed by atoms with E-state index in [0.29, 0.717) is 19.0 Å². The second kappa shape index (κ2) is 8.94. The average Bonchev–Trinajstić information content (AvgIpc) is 2.58. The molecule has 0 saturated carbocycles. The maximum Gasteiger partial charge on any atom is 0.274 e. The van der Waals surface area contributed by atoms with Crippen LogP contribution in [0.3, 0.4) is 0 Å². The van der Waals surface area contributed by atoms with Crippen molar-refractivity contribution >= 4 is 11.9 Å². The van der Waals surface area contributed by atoms with Crippen LogP contribution in [0.4, 0.5) is 5.95 Å². The number of nitrogens with zero attached hydrogens (tertiary/aromatic N) is 3. The Hall–Kier alpha value is -1.96. The largest absolute Gasteiger partial charge is 0.371 e. The number of rotatable bonds is 7. The van der Waals surface area contributed by atoms with Crippen LogP contribution in [0, 0.1) is 5.92 Å². The van der Waals surface area contributed by atoms with E-state index in [1.54, 1.807) is 0 Å². The second-order valence-corrected chi connectivity index (χ2v) is 6.97. The fourth-order valence-corrected chi connectivity index (χ4v) is 2.95. The van der Waals surface area contributed by atoms with Crippen LogP contribution in [0.2, 0.25) is 0 Å². The summed E-state index contributed by atoms with van der Waals surface area (Å²) in [6.45, 7) is 7.59.